The number of hydrogen-bond donors (Lipinski definition) is 0. The summed E-state index contributed by atoms with van der Waals surface area (Å²) < 4.78 is 10.3. The van der Waals surface area contributed by atoms with E-state index in [4.69, 9.17) is 9.47 Å². The second-order valence-corrected chi connectivity index (χ2v) is 8.49. The van der Waals surface area contributed by atoms with E-state index in [-0.39, 0.29) is 6.10 Å². The van der Waals surface area contributed by atoms with Crippen LogP contribution in [0.1, 0.15) is 130 Å². The van der Waals surface area contributed by atoms with E-state index in [0.717, 1.165) is 38.2 Å². The standard InChI is InChI=1S/C26H48O4/c1-4-6-8-9-10-11-12-13-14-15-16-17-18-19-23-29-25(27)21-22-26(28)30-24(3)20-7-5-2/h21-22,24H,4-20,23H2,1-3H3/b22-21+. The molecule has 0 rings (SSSR count). The van der Waals surface area contributed by atoms with Crippen molar-refractivity contribution in [2.75, 3.05) is 6.61 Å². The molecule has 0 radical (unpaired) electrons. The first-order valence-electron chi connectivity index (χ1n) is 12.7. The van der Waals surface area contributed by atoms with Crippen molar-refractivity contribution in [2.45, 2.75) is 136 Å². The van der Waals surface area contributed by atoms with Crippen molar-refractivity contribution >= 4 is 11.9 Å². The lowest BCUT2D eigenvalue weighted by atomic mass is 10.0. The number of carbonyl (C=O) groups excluding carboxylic acids is 2. The molecular formula is C26H48O4. The molecule has 0 bridgehead atoms. The van der Waals surface area contributed by atoms with Crippen LogP contribution in [-0.4, -0.2) is 24.6 Å². The Balaban J connectivity index is 3.41. The molecule has 30 heavy (non-hydrogen) atoms. The van der Waals surface area contributed by atoms with Gasteiger partial charge in [-0.3, -0.25) is 0 Å². The van der Waals surface area contributed by atoms with Crippen LogP contribution in [0.4, 0.5) is 0 Å². The molecule has 1 unspecified atom stereocenters. The van der Waals surface area contributed by atoms with Crippen molar-refractivity contribution < 1.29 is 19.1 Å². The van der Waals surface area contributed by atoms with Crippen molar-refractivity contribution in [3.63, 3.8) is 0 Å². The Kier molecular flexibility index (Phi) is 21.4. The maximum atomic E-state index is 11.6. The molecule has 0 aromatic heterocycles. The Labute approximate surface area is 186 Å². The number of carbonyl (C=O) groups is 2. The third-order valence-electron chi connectivity index (χ3n) is 5.38. The highest BCUT2D eigenvalue weighted by atomic mass is 16.5. The van der Waals surface area contributed by atoms with Gasteiger partial charge < -0.3 is 9.47 Å². The molecule has 4 nitrogen and oxygen atoms in total. The van der Waals surface area contributed by atoms with Crippen LogP contribution in [-0.2, 0) is 19.1 Å². The van der Waals surface area contributed by atoms with Gasteiger partial charge in [0.25, 0.3) is 0 Å². The summed E-state index contributed by atoms with van der Waals surface area (Å²) in [5.41, 5.74) is 0. The third kappa shape index (κ3) is 21.4. The van der Waals surface area contributed by atoms with Gasteiger partial charge in [0.1, 0.15) is 0 Å². The first kappa shape index (κ1) is 28.7. The van der Waals surface area contributed by atoms with Gasteiger partial charge >= 0.3 is 11.9 Å². The molecule has 0 amide bonds. The molecule has 0 fully saturated rings. The first-order chi connectivity index (χ1) is 14.6. The number of ether oxygens (including phenoxy) is 2. The monoisotopic (exact) mass is 424 g/mol. The number of rotatable bonds is 21. The molecule has 176 valence electrons. The second-order valence-electron chi connectivity index (χ2n) is 8.49. The molecular weight excluding hydrogens is 376 g/mol. The van der Waals surface area contributed by atoms with Crippen molar-refractivity contribution in [1.82, 2.24) is 0 Å². The summed E-state index contributed by atoms with van der Waals surface area (Å²) in [6.07, 6.45) is 23.4. The summed E-state index contributed by atoms with van der Waals surface area (Å²) >= 11 is 0. The van der Waals surface area contributed by atoms with Crippen molar-refractivity contribution in [3.05, 3.63) is 12.2 Å². The van der Waals surface area contributed by atoms with E-state index in [1.807, 2.05) is 6.92 Å². The summed E-state index contributed by atoms with van der Waals surface area (Å²) in [6.45, 7) is 6.65. The quantitative estimate of drug-likeness (QED) is 0.108. The molecule has 0 aromatic rings. The molecule has 0 spiro atoms. The molecule has 0 saturated carbocycles. The van der Waals surface area contributed by atoms with E-state index in [9.17, 15) is 9.59 Å². The smallest absolute Gasteiger partial charge is 0.331 e. The zero-order valence-corrected chi connectivity index (χ0v) is 20.1. The molecule has 0 saturated heterocycles. The second kappa shape index (κ2) is 22.4. The summed E-state index contributed by atoms with van der Waals surface area (Å²) in [5, 5.41) is 0. The molecule has 0 aliphatic carbocycles. The Bertz CT molecular complexity index is 431. The highest BCUT2D eigenvalue weighted by Gasteiger charge is 2.07. The Morgan fingerprint density at radius 1 is 0.633 bits per heavy atom. The van der Waals surface area contributed by atoms with Crippen LogP contribution >= 0.6 is 0 Å². The minimum absolute atomic E-state index is 0.117. The van der Waals surface area contributed by atoms with Crippen LogP contribution in [0.25, 0.3) is 0 Å². The average molecular weight is 425 g/mol. The van der Waals surface area contributed by atoms with Crippen LogP contribution in [0.15, 0.2) is 12.2 Å². The maximum absolute atomic E-state index is 11.6. The van der Waals surface area contributed by atoms with E-state index in [1.165, 1.54) is 83.1 Å². The van der Waals surface area contributed by atoms with Crippen LogP contribution in [0, 0.1) is 0 Å². The summed E-state index contributed by atoms with van der Waals surface area (Å²) in [5.74, 6) is -0.949. The lowest BCUT2D eigenvalue weighted by molar-refractivity contribution is -0.143. The van der Waals surface area contributed by atoms with E-state index >= 15 is 0 Å². The zero-order chi connectivity index (χ0) is 22.3. The minimum atomic E-state index is -0.480. The topological polar surface area (TPSA) is 52.6 Å². The lowest BCUT2D eigenvalue weighted by Crippen LogP contribution is -2.13. The van der Waals surface area contributed by atoms with Crippen molar-refractivity contribution in [1.29, 1.82) is 0 Å². The molecule has 0 heterocycles. The van der Waals surface area contributed by atoms with E-state index in [1.54, 1.807) is 0 Å². The van der Waals surface area contributed by atoms with Crippen LogP contribution < -0.4 is 0 Å². The van der Waals surface area contributed by atoms with Crippen LogP contribution in [0.3, 0.4) is 0 Å². The highest BCUT2D eigenvalue weighted by Crippen LogP contribution is 2.13. The lowest BCUT2D eigenvalue weighted by Gasteiger charge is -2.10. The average Bonchev–Trinajstić information content (AvgIpc) is 2.73. The molecule has 0 N–H and O–H groups in total. The fourth-order valence-electron chi connectivity index (χ4n) is 3.44. The Hall–Kier alpha value is -1.32. The summed E-state index contributed by atoms with van der Waals surface area (Å²) in [7, 11) is 0. The van der Waals surface area contributed by atoms with Gasteiger partial charge in [-0.25, -0.2) is 9.59 Å². The van der Waals surface area contributed by atoms with Gasteiger partial charge in [0.05, 0.1) is 12.7 Å². The van der Waals surface area contributed by atoms with Gasteiger partial charge in [0.15, 0.2) is 0 Å². The van der Waals surface area contributed by atoms with E-state index < -0.39 is 11.9 Å². The summed E-state index contributed by atoms with van der Waals surface area (Å²) in [4.78, 5) is 23.2. The Morgan fingerprint density at radius 2 is 1.07 bits per heavy atom. The van der Waals surface area contributed by atoms with E-state index in [0.29, 0.717) is 6.61 Å². The maximum Gasteiger partial charge on any atom is 0.331 e. The van der Waals surface area contributed by atoms with Gasteiger partial charge in [-0.15, -0.1) is 0 Å². The highest BCUT2D eigenvalue weighted by molar-refractivity contribution is 5.91. The van der Waals surface area contributed by atoms with Gasteiger partial charge in [-0.1, -0.05) is 110 Å². The molecule has 4 heteroatoms. The minimum Gasteiger partial charge on any atom is -0.463 e. The molecule has 1 atom stereocenters. The largest absolute Gasteiger partial charge is 0.463 e. The van der Waals surface area contributed by atoms with E-state index in [2.05, 4.69) is 13.8 Å². The zero-order valence-electron chi connectivity index (χ0n) is 20.1. The van der Waals surface area contributed by atoms with Gasteiger partial charge in [0.2, 0.25) is 0 Å². The molecule has 0 aromatic carbocycles. The van der Waals surface area contributed by atoms with Crippen molar-refractivity contribution in [3.8, 4) is 0 Å². The normalized spacial score (nSPS) is 12.2. The number of esters is 2. The van der Waals surface area contributed by atoms with Crippen molar-refractivity contribution in [2.24, 2.45) is 0 Å². The number of unbranched alkanes of at least 4 members (excludes halogenated alkanes) is 14. The van der Waals surface area contributed by atoms with Gasteiger partial charge in [-0.2, -0.15) is 0 Å². The predicted octanol–water partition coefficient (Wildman–Crippen LogP) is 7.69. The van der Waals surface area contributed by atoms with Crippen LogP contribution in [0.5, 0.6) is 0 Å². The SMILES string of the molecule is CCCCCCCCCCCCCCCCOC(=O)/C=C/C(=O)OC(C)CCCC. The third-order valence-corrected chi connectivity index (χ3v) is 5.38. The Morgan fingerprint density at radius 3 is 1.57 bits per heavy atom. The van der Waals surface area contributed by atoms with Crippen LogP contribution in [0.2, 0.25) is 0 Å². The predicted molar refractivity (Wildman–Crippen MR) is 125 cm³/mol. The van der Waals surface area contributed by atoms with Gasteiger partial charge in [0, 0.05) is 12.2 Å². The fraction of sp³-hybridized carbons (Fsp3) is 0.846. The fourth-order valence-corrected chi connectivity index (χ4v) is 3.44. The first-order valence-corrected chi connectivity index (χ1v) is 12.7. The molecule has 0 aliphatic heterocycles. The number of hydrogen-bond acceptors (Lipinski definition) is 4. The summed E-state index contributed by atoms with van der Waals surface area (Å²) in [6, 6.07) is 0. The van der Waals surface area contributed by atoms with Gasteiger partial charge in [-0.05, 0) is 19.8 Å². The molecule has 0 aliphatic rings.